The number of aliphatic hydroxyl groups excluding tert-OH is 1. The molecule has 3 aromatic carbocycles. The van der Waals surface area contributed by atoms with Crippen molar-refractivity contribution < 1.29 is 49.0 Å². The first-order valence-corrected chi connectivity index (χ1v) is 15.2. The Hall–Kier alpha value is -4.53. The highest BCUT2D eigenvalue weighted by Gasteiger charge is 2.49. The number of hydrazone groups is 1. The molecular formula is C34H37N3O10. The first kappa shape index (κ1) is 32.4. The minimum atomic E-state index is -1.76. The number of rotatable bonds is 7. The van der Waals surface area contributed by atoms with Crippen LogP contribution in [0.1, 0.15) is 75.8 Å². The molecule has 47 heavy (non-hydrogen) atoms. The zero-order valence-corrected chi connectivity index (χ0v) is 26.3. The van der Waals surface area contributed by atoms with Crippen molar-refractivity contribution in [3.63, 3.8) is 0 Å². The Morgan fingerprint density at radius 2 is 1.72 bits per heavy atom. The van der Waals surface area contributed by atoms with Crippen LogP contribution in [0.5, 0.6) is 23.0 Å². The lowest BCUT2D eigenvalue weighted by molar-refractivity contribution is -0.245. The number of methoxy groups -OCH3 is 2. The number of benzene rings is 3. The van der Waals surface area contributed by atoms with Crippen molar-refractivity contribution in [1.29, 1.82) is 0 Å². The van der Waals surface area contributed by atoms with Crippen molar-refractivity contribution >= 4 is 23.0 Å². The fourth-order valence-corrected chi connectivity index (χ4v) is 6.58. The number of nitrogens with one attached hydrogen (secondary N) is 1. The molecule has 6 unspecified atom stereocenters. The maximum absolute atomic E-state index is 13.9. The number of fused-ring (bicyclic) bond motifs is 3. The van der Waals surface area contributed by atoms with Crippen molar-refractivity contribution in [2.75, 3.05) is 19.6 Å². The predicted octanol–water partition coefficient (Wildman–Crippen LogP) is 2.94. The van der Waals surface area contributed by atoms with Crippen LogP contribution in [0.25, 0.3) is 0 Å². The number of hydrogen-bond acceptors (Lipinski definition) is 13. The number of nitrogens with two attached hydrogens (primary N) is 1. The van der Waals surface area contributed by atoms with E-state index in [1.165, 1.54) is 19.2 Å². The van der Waals surface area contributed by atoms with Crippen molar-refractivity contribution in [2.45, 2.75) is 69.4 Å². The number of carbonyl (C=O) groups is 2. The summed E-state index contributed by atoms with van der Waals surface area (Å²) < 4.78 is 22.7. The van der Waals surface area contributed by atoms with Crippen LogP contribution in [0.15, 0.2) is 47.6 Å². The number of aliphatic hydroxyl groups is 2. The van der Waals surface area contributed by atoms with E-state index in [-0.39, 0.29) is 64.1 Å². The van der Waals surface area contributed by atoms with E-state index < -0.39 is 59.3 Å². The Labute approximate surface area is 270 Å². The molecular weight excluding hydrogens is 610 g/mol. The lowest BCUT2D eigenvalue weighted by Crippen LogP contribution is -2.52. The molecule has 248 valence electrons. The highest BCUT2D eigenvalue weighted by molar-refractivity contribution is 6.31. The van der Waals surface area contributed by atoms with Crippen molar-refractivity contribution in [3.05, 3.63) is 75.8 Å². The molecule has 0 radical (unpaired) electrons. The topological polar surface area (TPSA) is 202 Å². The number of ketones is 2. The molecule has 1 fully saturated rings. The molecule has 6 atom stereocenters. The van der Waals surface area contributed by atoms with Gasteiger partial charge in [-0.15, -0.1) is 0 Å². The standard InChI is InChI=1S/C34H37N3O10/c1-15-29(38)21(35)12-24(46-15)47-23-14-34(43,16(2)36-37-17-8-10-18(44-3)11-9-17)13-20-26(23)33(42)28-27(31(20)40)30(39)19-6-5-7-22(45-4)25(19)32(28)41/h5-11,15,21,23-24,29,37-38,40,42-43H,12-14,35H2,1-4H3. The summed E-state index contributed by atoms with van der Waals surface area (Å²) in [5, 5.41) is 50.4. The van der Waals surface area contributed by atoms with Gasteiger partial charge in [-0.3, -0.25) is 15.0 Å². The number of phenols is 2. The molecule has 13 heteroatoms. The molecule has 3 aromatic rings. The summed E-state index contributed by atoms with van der Waals surface area (Å²) in [7, 11) is 2.91. The molecule has 0 saturated carbocycles. The zero-order chi connectivity index (χ0) is 33.8. The van der Waals surface area contributed by atoms with Gasteiger partial charge in [0.1, 0.15) is 28.6 Å². The van der Waals surface area contributed by atoms with E-state index in [1.54, 1.807) is 51.3 Å². The monoisotopic (exact) mass is 647 g/mol. The third kappa shape index (κ3) is 5.49. The van der Waals surface area contributed by atoms with Gasteiger partial charge in [-0.1, -0.05) is 12.1 Å². The van der Waals surface area contributed by atoms with Gasteiger partial charge in [-0.05, 0) is 44.2 Å². The summed E-state index contributed by atoms with van der Waals surface area (Å²) in [6, 6.07) is 10.8. The predicted molar refractivity (Wildman–Crippen MR) is 169 cm³/mol. The zero-order valence-electron chi connectivity index (χ0n) is 26.3. The van der Waals surface area contributed by atoms with Crippen LogP contribution in [0.2, 0.25) is 0 Å². The van der Waals surface area contributed by atoms with Gasteiger partial charge >= 0.3 is 0 Å². The molecule has 0 amide bonds. The minimum Gasteiger partial charge on any atom is -0.507 e. The van der Waals surface area contributed by atoms with Gasteiger partial charge in [0, 0.05) is 42.0 Å². The number of carbonyl (C=O) groups excluding carboxylic acids is 2. The molecule has 0 bridgehead atoms. The van der Waals surface area contributed by atoms with Gasteiger partial charge in [-0.25, -0.2) is 0 Å². The largest absolute Gasteiger partial charge is 0.507 e. The van der Waals surface area contributed by atoms with Crippen molar-refractivity contribution in [3.8, 4) is 23.0 Å². The molecule has 6 rings (SSSR count). The summed E-state index contributed by atoms with van der Waals surface area (Å²) in [6.07, 6.45) is -4.15. The molecule has 2 aliphatic carbocycles. The van der Waals surface area contributed by atoms with Crippen molar-refractivity contribution in [1.82, 2.24) is 0 Å². The van der Waals surface area contributed by atoms with Crippen LogP contribution in [0, 0.1) is 0 Å². The normalized spacial score (nSPS) is 27.0. The maximum atomic E-state index is 13.9. The van der Waals surface area contributed by atoms with E-state index in [2.05, 4.69) is 10.5 Å². The molecule has 7 N–H and O–H groups in total. The Bertz CT molecular complexity index is 1760. The second-order valence-electron chi connectivity index (χ2n) is 12.1. The first-order chi connectivity index (χ1) is 22.4. The van der Waals surface area contributed by atoms with E-state index >= 15 is 0 Å². The van der Waals surface area contributed by atoms with E-state index in [1.807, 2.05) is 0 Å². The van der Waals surface area contributed by atoms with Gasteiger partial charge in [-0.2, -0.15) is 5.10 Å². The third-order valence-corrected chi connectivity index (χ3v) is 9.26. The highest BCUT2D eigenvalue weighted by Crippen LogP contribution is 2.52. The van der Waals surface area contributed by atoms with Gasteiger partial charge in [0.2, 0.25) is 5.78 Å². The van der Waals surface area contributed by atoms with E-state index in [4.69, 9.17) is 24.7 Å². The number of aromatic hydroxyl groups is 2. The summed E-state index contributed by atoms with van der Waals surface area (Å²) in [4.78, 5) is 27.7. The minimum absolute atomic E-state index is 0.00828. The third-order valence-electron chi connectivity index (χ3n) is 9.26. The Morgan fingerprint density at radius 1 is 1.02 bits per heavy atom. The number of hydrogen-bond donors (Lipinski definition) is 6. The average Bonchev–Trinajstić information content (AvgIpc) is 3.06. The molecule has 0 spiro atoms. The SMILES string of the molecule is COc1ccc(NN=C(C)C2(O)Cc3c(O)c4c(c(O)c3C(OC3CC(N)C(O)C(C)O3)C2)C(=O)c2c(OC)cccc2C4=O)cc1. The van der Waals surface area contributed by atoms with Crippen molar-refractivity contribution in [2.24, 2.45) is 10.8 Å². The van der Waals surface area contributed by atoms with E-state index in [0.717, 1.165) is 0 Å². The second kappa shape index (κ2) is 12.2. The average molecular weight is 648 g/mol. The number of anilines is 1. The summed E-state index contributed by atoms with van der Waals surface area (Å²) in [6.45, 7) is 3.23. The number of ether oxygens (including phenoxy) is 4. The quantitative estimate of drug-likeness (QED) is 0.0974. The molecule has 13 nitrogen and oxygen atoms in total. The molecule has 1 saturated heterocycles. The fourth-order valence-electron chi connectivity index (χ4n) is 6.58. The van der Waals surface area contributed by atoms with Crippen LogP contribution in [-0.4, -0.2) is 82.1 Å². The summed E-state index contributed by atoms with van der Waals surface area (Å²) in [5.41, 5.74) is 7.35. The molecule has 0 aromatic heterocycles. The summed E-state index contributed by atoms with van der Waals surface area (Å²) in [5.74, 6) is -1.74. The Balaban J connectivity index is 1.45. The van der Waals surface area contributed by atoms with Crippen LogP contribution < -0.4 is 20.6 Å². The Kier molecular flexibility index (Phi) is 8.45. The number of phenolic OH excluding ortho intramolecular Hbond substituents is 2. The van der Waals surface area contributed by atoms with Gasteiger partial charge in [0.25, 0.3) is 0 Å². The maximum Gasteiger partial charge on any atom is 0.202 e. The van der Waals surface area contributed by atoms with E-state index in [0.29, 0.717) is 11.4 Å². The molecule has 1 heterocycles. The highest BCUT2D eigenvalue weighted by atomic mass is 16.7. The lowest BCUT2D eigenvalue weighted by atomic mass is 9.71. The Morgan fingerprint density at radius 3 is 2.38 bits per heavy atom. The second-order valence-corrected chi connectivity index (χ2v) is 12.1. The van der Waals surface area contributed by atoms with Gasteiger partial charge in [0.05, 0.1) is 60.6 Å². The van der Waals surface area contributed by atoms with Crippen LogP contribution in [0.4, 0.5) is 5.69 Å². The van der Waals surface area contributed by atoms with Crippen LogP contribution in [0.3, 0.4) is 0 Å². The van der Waals surface area contributed by atoms with Gasteiger partial charge < -0.3 is 45.1 Å². The van der Waals surface area contributed by atoms with E-state index in [9.17, 15) is 30.0 Å². The number of nitrogens with zero attached hydrogens (tertiary/aromatic N) is 1. The first-order valence-electron chi connectivity index (χ1n) is 15.2. The molecule has 3 aliphatic rings. The lowest BCUT2D eigenvalue weighted by Gasteiger charge is -2.42. The van der Waals surface area contributed by atoms with Crippen LogP contribution in [-0.2, 0) is 15.9 Å². The fraction of sp³-hybridized carbons (Fsp3) is 0.382. The molecule has 1 aliphatic heterocycles. The van der Waals surface area contributed by atoms with Crippen LogP contribution >= 0.6 is 0 Å². The summed E-state index contributed by atoms with van der Waals surface area (Å²) >= 11 is 0. The smallest absolute Gasteiger partial charge is 0.202 e. The van der Waals surface area contributed by atoms with Gasteiger partial charge in [0.15, 0.2) is 12.1 Å².